The van der Waals surface area contributed by atoms with Crippen molar-refractivity contribution in [1.29, 1.82) is 0 Å². The lowest BCUT2D eigenvalue weighted by atomic mass is 9.86. The molecule has 2 N–H and O–H groups in total. The van der Waals surface area contributed by atoms with Crippen LogP contribution >= 0.6 is 23.1 Å². The van der Waals surface area contributed by atoms with Gasteiger partial charge in [-0.2, -0.15) is 0 Å². The van der Waals surface area contributed by atoms with Crippen molar-refractivity contribution in [2.75, 3.05) is 12.3 Å². The monoisotopic (exact) mass is 313 g/mol. The van der Waals surface area contributed by atoms with Gasteiger partial charge in [-0.1, -0.05) is 18.9 Å². The summed E-state index contributed by atoms with van der Waals surface area (Å²) in [4.78, 5) is 24.4. The van der Waals surface area contributed by atoms with Crippen LogP contribution in [0.1, 0.15) is 30.6 Å². The Labute approximate surface area is 127 Å². The second kappa shape index (κ2) is 7.13. The molecule has 0 spiro atoms. The summed E-state index contributed by atoms with van der Waals surface area (Å²) < 4.78 is 0. The van der Waals surface area contributed by atoms with Crippen molar-refractivity contribution < 1.29 is 14.7 Å². The van der Waals surface area contributed by atoms with Crippen LogP contribution < -0.4 is 5.32 Å². The van der Waals surface area contributed by atoms with E-state index < -0.39 is 11.4 Å². The second-order valence-corrected chi connectivity index (χ2v) is 7.16. The number of carbonyl (C=O) groups is 2. The van der Waals surface area contributed by atoms with Gasteiger partial charge in [0.15, 0.2) is 0 Å². The lowest BCUT2D eigenvalue weighted by molar-refractivity contribution is -0.148. The number of carboxylic acids is 1. The van der Waals surface area contributed by atoms with Crippen molar-refractivity contribution in [2.45, 2.75) is 31.4 Å². The summed E-state index contributed by atoms with van der Waals surface area (Å²) in [5.41, 5.74) is -0.728. The maximum Gasteiger partial charge on any atom is 0.311 e. The molecule has 4 nitrogen and oxygen atoms in total. The van der Waals surface area contributed by atoms with Crippen LogP contribution in [0.15, 0.2) is 17.5 Å². The maximum atomic E-state index is 11.8. The molecule has 1 fully saturated rings. The van der Waals surface area contributed by atoms with E-state index in [1.165, 1.54) is 4.88 Å². The van der Waals surface area contributed by atoms with Gasteiger partial charge in [-0.15, -0.1) is 23.1 Å². The lowest BCUT2D eigenvalue weighted by Gasteiger charge is -2.23. The molecule has 0 radical (unpaired) electrons. The molecular formula is C14H19NO3S2. The average Bonchev–Trinajstić information content (AvgIpc) is 3.08. The van der Waals surface area contributed by atoms with Gasteiger partial charge in [-0.3, -0.25) is 9.59 Å². The van der Waals surface area contributed by atoms with Crippen LogP contribution in [0.2, 0.25) is 0 Å². The molecule has 0 atom stereocenters. The van der Waals surface area contributed by atoms with Crippen molar-refractivity contribution in [3.63, 3.8) is 0 Å². The van der Waals surface area contributed by atoms with E-state index in [1.54, 1.807) is 23.1 Å². The Hall–Kier alpha value is -1.01. The fraction of sp³-hybridized carbons (Fsp3) is 0.571. The first-order valence-corrected chi connectivity index (χ1v) is 8.76. The van der Waals surface area contributed by atoms with Gasteiger partial charge in [-0.25, -0.2) is 0 Å². The predicted molar refractivity (Wildman–Crippen MR) is 82.0 cm³/mol. The fourth-order valence-electron chi connectivity index (χ4n) is 2.48. The predicted octanol–water partition coefficient (Wildman–Crippen LogP) is 2.74. The van der Waals surface area contributed by atoms with E-state index in [2.05, 4.69) is 5.32 Å². The quantitative estimate of drug-likeness (QED) is 0.812. The molecule has 1 heterocycles. The molecule has 6 heteroatoms. The zero-order chi connectivity index (χ0) is 14.4. The molecule has 1 aliphatic carbocycles. The number of thioether (sulfide) groups is 1. The molecule has 1 aromatic rings. The van der Waals surface area contributed by atoms with Crippen LogP contribution in [0.5, 0.6) is 0 Å². The molecule has 1 amide bonds. The number of nitrogens with one attached hydrogen (secondary N) is 1. The van der Waals surface area contributed by atoms with Crippen molar-refractivity contribution >= 4 is 35.0 Å². The Morgan fingerprint density at radius 2 is 2.15 bits per heavy atom. The second-order valence-electron chi connectivity index (χ2n) is 5.14. The summed E-state index contributed by atoms with van der Waals surface area (Å²) in [5, 5.41) is 14.1. The van der Waals surface area contributed by atoms with Gasteiger partial charge in [0.2, 0.25) is 5.91 Å². The highest BCUT2D eigenvalue weighted by atomic mass is 32.2. The van der Waals surface area contributed by atoms with Gasteiger partial charge < -0.3 is 10.4 Å². The molecule has 1 aliphatic rings. The molecule has 0 saturated heterocycles. The standard InChI is InChI=1S/C14H19NO3S2/c16-12(9-19-8-11-4-3-7-20-11)15-10-14(13(17)18)5-1-2-6-14/h3-4,7H,1-2,5-6,8-10H2,(H,15,16)(H,17,18). The van der Waals surface area contributed by atoms with E-state index in [1.807, 2.05) is 17.5 Å². The number of carboxylic acid groups (broad SMARTS) is 1. The van der Waals surface area contributed by atoms with Crippen LogP contribution in [0, 0.1) is 5.41 Å². The summed E-state index contributed by atoms with van der Waals surface area (Å²) in [5.74, 6) is 0.364. The smallest absolute Gasteiger partial charge is 0.311 e. The molecule has 0 aliphatic heterocycles. The van der Waals surface area contributed by atoms with Gasteiger partial charge in [0.25, 0.3) is 0 Å². The minimum atomic E-state index is -0.776. The highest BCUT2D eigenvalue weighted by Crippen LogP contribution is 2.37. The van der Waals surface area contributed by atoms with Crippen LogP contribution in [0.25, 0.3) is 0 Å². The van der Waals surface area contributed by atoms with E-state index in [4.69, 9.17) is 0 Å². The van der Waals surface area contributed by atoms with Gasteiger partial charge in [0.05, 0.1) is 11.2 Å². The molecule has 0 aromatic carbocycles. The molecular weight excluding hydrogens is 294 g/mol. The van der Waals surface area contributed by atoms with Gasteiger partial charge in [0.1, 0.15) is 0 Å². The van der Waals surface area contributed by atoms with Crippen LogP contribution in [-0.4, -0.2) is 29.3 Å². The van der Waals surface area contributed by atoms with Crippen molar-refractivity contribution in [1.82, 2.24) is 5.32 Å². The SMILES string of the molecule is O=C(CSCc1cccs1)NCC1(C(=O)O)CCCC1. The maximum absolute atomic E-state index is 11.8. The van der Waals surface area contributed by atoms with Gasteiger partial charge in [0, 0.05) is 17.2 Å². The van der Waals surface area contributed by atoms with Crippen molar-refractivity contribution in [3.05, 3.63) is 22.4 Å². The van der Waals surface area contributed by atoms with Crippen LogP contribution in [0.3, 0.4) is 0 Å². The van der Waals surface area contributed by atoms with Crippen molar-refractivity contribution in [2.24, 2.45) is 5.41 Å². The Kier molecular flexibility index (Phi) is 5.48. The number of carbonyl (C=O) groups excluding carboxylic acids is 1. The third kappa shape index (κ3) is 3.99. The highest BCUT2D eigenvalue weighted by molar-refractivity contribution is 7.99. The first kappa shape index (κ1) is 15.4. The van der Waals surface area contributed by atoms with E-state index >= 15 is 0 Å². The van der Waals surface area contributed by atoms with E-state index in [0.29, 0.717) is 18.6 Å². The number of amides is 1. The molecule has 1 saturated carbocycles. The van der Waals surface area contributed by atoms with Crippen LogP contribution in [0.4, 0.5) is 0 Å². The molecule has 0 bridgehead atoms. The number of hydrogen-bond acceptors (Lipinski definition) is 4. The van der Waals surface area contributed by atoms with E-state index in [9.17, 15) is 14.7 Å². The first-order valence-electron chi connectivity index (χ1n) is 6.73. The first-order chi connectivity index (χ1) is 9.62. The third-order valence-electron chi connectivity index (χ3n) is 3.70. The minimum absolute atomic E-state index is 0.0703. The molecule has 110 valence electrons. The molecule has 20 heavy (non-hydrogen) atoms. The Morgan fingerprint density at radius 3 is 2.75 bits per heavy atom. The zero-order valence-electron chi connectivity index (χ0n) is 11.3. The topological polar surface area (TPSA) is 66.4 Å². The average molecular weight is 313 g/mol. The summed E-state index contributed by atoms with van der Waals surface area (Å²) in [6, 6.07) is 4.05. The number of aliphatic carboxylic acids is 1. The molecule has 2 rings (SSSR count). The summed E-state index contributed by atoms with van der Waals surface area (Å²) >= 11 is 3.24. The summed E-state index contributed by atoms with van der Waals surface area (Å²) in [7, 11) is 0. The molecule has 0 unspecified atom stereocenters. The normalized spacial score (nSPS) is 17.0. The van der Waals surface area contributed by atoms with E-state index in [0.717, 1.165) is 18.6 Å². The lowest BCUT2D eigenvalue weighted by Crippen LogP contribution is -2.41. The van der Waals surface area contributed by atoms with E-state index in [-0.39, 0.29) is 12.5 Å². The number of hydrogen-bond donors (Lipinski definition) is 2. The third-order valence-corrected chi connectivity index (χ3v) is 5.74. The molecule has 1 aromatic heterocycles. The minimum Gasteiger partial charge on any atom is -0.481 e. The summed E-state index contributed by atoms with van der Waals surface area (Å²) in [6.45, 7) is 0.265. The highest BCUT2D eigenvalue weighted by Gasteiger charge is 2.41. The van der Waals surface area contributed by atoms with Crippen LogP contribution in [-0.2, 0) is 15.3 Å². The Bertz CT molecular complexity index is 453. The van der Waals surface area contributed by atoms with Crippen molar-refractivity contribution in [3.8, 4) is 0 Å². The Morgan fingerprint density at radius 1 is 1.40 bits per heavy atom. The number of thiophene rings is 1. The van der Waals surface area contributed by atoms with Gasteiger partial charge in [-0.05, 0) is 24.3 Å². The zero-order valence-corrected chi connectivity index (χ0v) is 12.9. The van der Waals surface area contributed by atoms with Gasteiger partial charge >= 0.3 is 5.97 Å². The number of rotatable bonds is 7. The summed E-state index contributed by atoms with van der Waals surface area (Å²) in [6.07, 6.45) is 3.22. The Balaban J connectivity index is 1.70. The fourth-order valence-corrected chi connectivity index (χ4v) is 4.17. The largest absolute Gasteiger partial charge is 0.481 e.